The summed E-state index contributed by atoms with van der Waals surface area (Å²) in [6.07, 6.45) is 1.01. The van der Waals surface area contributed by atoms with Crippen molar-refractivity contribution in [2.24, 2.45) is 0 Å². The maximum Gasteiger partial charge on any atom is 0.325 e. The Morgan fingerprint density at radius 1 is 1.22 bits per heavy atom. The van der Waals surface area contributed by atoms with Crippen molar-refractivity contribution >= 4 is 46.1 Å². The Morgan fingerprint density at radius 3 is 2.59 bits per heavy atom. The number of nitrogens with one attached hydrogen (secondary N) is 1. The van der Waals surface area contributed by atoms with Gasteiger partial charge in [-0.2, -0.15) is 0 Å². The van der Waals surface area contributed by atoms with E-state index in [2.05, 4.69) is 28.9 Å². The third-order valence-corrected chi connectivity index (χ3v) is 6.30. The molecule has 7 nitrogen and oxygen atoms in total. The molecule has 0 saturated heterocycles. The summed E-state index contributed by atoms with van der Waals surface area (Å²) in [6, 6.07) is 12.7. The smallest absolute Gasteiger partial charge is 0.325 e. The van der Waals surface area contributed by atoms with Crippen LogP contribution in [0.2, 0.25) is 5.02 Å². The van der Waals surface area contributed by atoms with Crippen LogP contribution in [0.25, 0.3) is 16.6 Å². The highest BCUT2D eigenvalue weighted by molar-refractivity contribution is 7.99. The van der Waals surface area contributed by atoms with Gasteiger partial charge >= 0.3 is 5.97 Å². The topological polar surface area (TPSA) is 90.3 Å². The summed E-state index contributed by atoms with van der Waals surface area (Å²) < 4.78 is 6.01. The number of benzene rings is 2. The third kappa shape index (κ3) is 5.49. The van der Waals surface area contributed by atoms with Crippen molar-refractivity contribution < 1.29 is 14.3 Å². The molecule has 0 aliphatic rings. The molecule has 0 radical (unpaired) electrons. The van der Waals surface area contributed by atoms with E-state index in [-0.39, 0.29) is 23.8 Å². The van der Waals surface area contributed by atoms with Gasteiger partial charge in [0.15, 0.2) is 5.16 Å². The number of carbonyl (C=O) groups excluding carboxylic acids is 2. The summed E-state index contributed by atoms with van der Waals surface area (Å²) >= 11 is 7.19. The maximum atomic E-state index is 13.3. The molecule has 0 saturated carbocycles. The van der Waals surface area contributed by atoms with Crippen LogP contribution >= 0.6 is 23.4 Å². The largest absolute Gasteiger partial charge is 0.468 e. The number of amides is 1. The van der Waals surface area contributed by atoms with E-state index in [0.717, 1.165) is 18.2 Å². The van der Waals surface area contributed by atoms with Crippen molar-refractivity contribution in [2.45, 2.75) is 31.3 Å². The number of thioether (sulfide) groups is 1. The predicted octanol–water partition coefficient (Wildman–Crippen LogP) is 3.93. The van der Waals surface area contributed by atoms with Crippen molar-refractivity contribution in [1.82, 2.24) is 14.9 Å². The van der Waals surface area contributed by atoms with E-state index in [1.165, 1.54) is 17.2 Å². The molecule has 168 valence electrons. The van der Waals surface area contributed by atoms with Crippen molar-refractivity contribution in [3.8, 4) is 5.69 Å². The molecule has 0 bridgehead atoms. The fourth-order valence-corrected chi connectivity index (χ4v) is 4.08. The van der Waals surface area contributed by atoms with Crippen LogP contribution in [-0.2, 0) is 14.3 Å². The zero-order valence-electron chi connectivity index (χ0n) is 18.1. The molecule has 2 aromatic carbocycles. The van der Waals surface area contributed by atoms with Gasteiger partial charge in [0.25, 0.3) is 5.56 Å². The highest BCUT2D eigenvalue weighted by Crippen LogP contribution is 2.25. The number of fused-ring (bicyclic) bond motifs is 1. The number of aromatic nitrogens is 2. The Hall–Kier alpha value is -2.84. The molecule has 1 heterocycles. The molecular formula is C23H24ClN3O4S. The Balaban J connectivity index is 1.99. The molecule has 0 aliphatic carbocycles. The average molecular weight is 474 g/mol. The summed E-state index contributed by atoms with van der Waals surface area (Å²) in [5, 5.41) is 3.73. The number of carbonyl (C=O) groups is 2. The van der Waals surface area contributed by atoms with E-state index < -0.39 is 5.97 Å². The van der Waals surface area contributed by atoms with Crippen molar-refractivity contribution in [2.75, 3.05) is 19.4 Å². The second-order valence-electron chi connectivity index (χ2n) is 7.24. The SMILES string of the molecule is CC[C@H](C)c1ccc(-n2c(SCC(=O)NCC(=O)OC)nc3cc(Cl)ccc3c2=O)cc1. The van der Waals surface area contributed by atoms with Gasteiger partial charge in [0.05, 0.1) is 29.5 Å². The van der Waals surface area contributed by atoms with Gasteiger partial charge in [-0.1, -0.05) is 49.3 Å². The van der Waals surface area contributed by atoms with Gasteiger partial charge < -0.3 is 10.1 Å². The lowest BCUT2D eigenvalue weighted by Gasteiger charge is -2.15. The quantitative estimate of drug-likeness (QED) is 0.303. The Kier molecular flexibility index (Phi) is 7.93. The molecule has 1 atom stereocenters. The Morgan fingerprint density at radius 2 is 1.94 bits per heavy atom. The van der Waals surface area contributed by atoms with Crippen molar-refractivity contribution in [3.63, 3.8) is 0 Å². The lowest BCUT2D eigenvalue weighted by Crippen LogP contribution is -2.31. The lowest BCUT2D eigenvalue weighted by atomic mass is 9.98. The third-order valence-electron chi connectivity index (χ3n) is 5.12. The maximum absolute atomic E-state index is 13.3. The van der Waals surface area contributed by atoms with Gasteiger partial charge in [0.2, 0.25) is 5.91 Å². The minimum Gasteiger partial charge on any atom is -0.468 e. The second kappa shape index (κ2) is 10.7. The summed E-state index contributed by atoms with van der Waals surface area (Å²) in [6.45, 7) is 4.05. The van der Waals surface area contributed by atoms with Crippen LogP contribution in [0.5, 0.6) is 0 Å². The monoisotopic (exact) mass is 473 g/mol. The first-order valence-electron chi connectivity index (χ1n) is 10.1. The van der Waals surface area contributed by atoms with E-state index in [1.807, 2.05) is 24.3 Å². The molecule has 0 spiro atoms. The number of halogens is 1. The first-order valence-corrected chi connectivity index (χ1v) is 11.5. The molecule has 1 N–H and O–H groups in total. The standard InChI is InChI=1S/C23H24ClN3O4S/c1-4-14(2)15-5-8-17(9-6-15)27-22(30)18-10-7-16(24)11-19(18)26-23(27)32-13-20(28)25-12-21(29)31-3/h5-11,14H,4,12-13H2,1-3H3,(H,25,28)/t14-/m0/s1. The van der Waals surface area contributed by atoms with E-state index in [9.17, 15) is 14.4 Å². The first-order chi connectivity index (χ1) is 15.3. The van der Waals surface area contributed by atoms with Gasteiger partial charge in [0, 0.05) is 5.02 Å². The summed E-state index contributed by atoms with van der Waals surface area (Å²) in [5.74, 6) is -0.537. The highest BCUT2D eigenvalue weighted by atomic mass is 35.5. The van der Waals surface area contributed by atoms with Crippen LogP contribution in [0.1, 0.15) is 31.7 Å². The van der Waals surface area contributed by atoms with E-state index in [1.54, 1.807) is 18.2 Å². The fourth-order valence-electron chi connectivity index (χ4n) is 3.07. The van der Waals surface area contributed by atoms with Gasteiger partial charge in [-0.15, -0.1) is 0 Å². The molecule has 0 aliphatic heterocycles. The number of methoxy groups -OCH3 is 1. The Bertz CT molecular complexity index is 1190. The van der Waals surface area contributed by atoms with E-state index >= 15 is 0 Å². The second-order valence-corrected chi connectivity index (χ2v) is 8.62. The minimum atomic E-state index is -0.542. The van der Waals surface area contributed by atoms with Gasteiger partial charge in [-0.05, 0) is 48.2 Å². The number of ether oxygens (including phenoxy) is 1. The molecule has 0 fully saturated rings. The fraction of sp³-hybridized carbons (Fsp3) is 0.304. The van der Waals surface area contributed by atoms with Crippen LogP contribution in [-0.4, -0.2) is 40.8 Å². The van der Waals surface area contributed by atoms with Crippen LogP contribution in [0.3, 0.4) is 0 Å². The summed E-state index contributed by atoms with van der Waals surface area (Å²) in [5.41, 5.74) is 2.04. The first kappa shape index (κ1) is 23.8. The van der Waals surface area contributed by atoms with Crippen molar-refractivity contribution in [1.29, 1.82) is 0 Å². The zero-order chi connectivity index (χ0) is 23.3. The average Bonchev–Trinajstić information content (AvgIpc) is 2.80. The molecule has 32 heavy (non-hydrogen) atoms. The van der Waals surface area contributed by atoms with Crippen LogP contribution in [0.15, 0.2) is 52.4 Å². The van der Waals surface area contributed by atoms with E-state index in [4.69, 9.17) is 11.6 Å². The summed E-state index contributed by atoms with van der Waals surface area (Å²) in [4.78, 5) is 41.3. The van der Waals surface area contributed by atoms with Crippen LogP contribution < -0.4 is 10.9 Å². The number of hydrogen-bond donors (Lipinski definition) is 1. The lowest BCUT2D eigenvalue weighted by molar-refractivity contribution is -0.140. The van der Waals surface area contributed by atoms with Gasteiger partial charge in [-0.25, -0.2) is 4.98 Å². The van der Waals surface area contributed by atoms with Crippen molar-refractivity contribution in [3.05, 3.63) is 63.4 Å². The zero-order valence-corrected chi connectivity index (χ0v) is 19.6. The number of esters is 1. The molecule has 0 unspecified atom stereocenters. The van der Waals surface area contributed by atoms with E-state index in [0.29, 0.717) is 32.7 Å². The molecule has 1 amide bonds. The molecule has 3 rings (SSSR count). The molecular weight excluding hydrogens is 450 g/mol. The number of rotatable bonds is 8. The molecule has 9 heteroatoms. The Labute approximate surface area is 195 Å². The predicted molar refractivity (Wildman–Crippen MR) is 127 cm³/mol. The minimum absolute atomic E-state index is 0.0273. The molecule has 3 aromatic rings. The number of hydrogen-bond acceptors (Lipinski definition) is 6. The van der Waals surface area contributed by atoms with Crippen LogP contribution in [0, 0.1) is 0 Å². The number of nitrogens with zero attached hydrogens (tertiary/aromatic N) is 2. The normalized spacial score (nSPS) is 11.9. The van der Waals surface area contributed by atoms with Gasteiger partial charge in [0.1, 0.15) is 6.54 Å². The highest BCUT2D eigenvalue weighted by Gasteiger charge is 2.16. The molecule has 1 aromatic heterocycles. The van der Waals surface area contributed by atoms with Gasteiger partial charge in [-0.3, -0.25) is 19.0 Å². The summed E-state index contributed by atoms with van der Waals surface area (Å²) in [7, 11) is 1.25. The van der Waals surface area contributed by atoms with Crippen LogP contribution in [0.4, 0.5) is 0 Å².